The van der Waals surface area contributed by atoms with Gasteiger partial charge >= 0.3 is 5.97 Å². The average Bonchev–Trinajstić information content (AvgIpc) is 2.91. The van der Waals surface area contributed by atoms with Crippen LogP contribution in [0.3, 0.4) is 0 Å². The van der Waals surface area contributed by atoms with Gasteiger partial charge in [-0.2, -0.15) is 0 Å². The maximum atomic E-state index is 11.5. The van der Waals surface area contributed by atoms with E-state index in [4.69, 9.17) is 35.3 Å². The zero-order valence-corrected chi connectivity index (χ0v) is 22.4. The van der Waals surface area contributed by atoms with Gasteiger partial charge in [-0.3, -0.25) is 0 Å². The molecule has 0 unspecified atom stereocenters. The van der Waals surface area contributed by atoms with Crippen LogP contribution in [0.25, 0.3) is 11.1 Å². The Labute approximate surface area is 232 Å². The summed E-state index contributed by atoms with van der Waals surface area (Å²) in [7, 11) is 1.33. The molecule has 2 fully saturated rings. The molecule has 9 heteroatoms. The topological polar surface area (TPSA) is 92.7 Å². The fraction of sp³-hybridized carbons (Fsp3) is 0.367. The molecule has 2 heterocycles. The maximum absolute atomic E-state index is 11.5. The fourth-order valence-corrected chi connectivity index (χ4v) is 4.67. The Balaban J connectivity index is 1.19. The number of hydrogen-bond acceptors (Lipinski definition) is 8. The lowest BCUT2D eigenvalue weighted by molar-refractivity contribution is -0.220. The standard InChI is InChI=1S/C30H31ClO8/c1-34-28(33)14-39-30(19-36-20-30)23-5-7-24(8-6-23)37-13-21-3-2-4-22(11-21)26-10-9-25(12-27(26)31)38-18-29(15-32)16-35-17-29/h2-12,32H,13-20H2,1H3. The third-order valence-corrected chi connectivity index (χ3v) is 7.34. The van der Waals surface area contributed by atoms with Crippen molar-refractivity contribution < 1.29 is 38.3 Å². The largest absolute Gasteiger partial charge is 0.493 e. The minimum Gasteiger partial charge on any atom is -0.493 e. The SMILES string of the molecule is COC(=O)COC1(c2ccc(OCc3cccc(-c4ccc(OCC5(CO)COC5)cc4Cl)c3)cc2)COC1. The Morgan fingerprint density at radius 1 is 0.949 bits per heavy atom. The van der Waals surface area contributed by atoms with Gasteiger partial charge in [0, 0.05) is 5.56 Å². The number of carbonyl (C=O) groups is 1. The second-order valence-electron chi connectivity index (χ2n) is 9.95. The molecular formula is C30H31ClO8. The number of halogens is 1. The summed E-state index contributed by atoms with van der Waals surface area (Å²) in [4.78, 5) is 11.5. The Morgan fingerprint density at radius 3 is 2.31 bits per heavy atom. The highest BCUT2D eigenvalue weighted by Crippen LogP contribution is 2.36. The van der Waals surface area contributed by atoms with Crippen LogP contribution in [0.15, 0.2) is 66.7 Å². The fourth-order valence-electron chi connectivity index (χ4n) is 4.39. The second kappa shape index (κ2) is 11.9. The number of aliphatic hydroxyl groups excluding tert-OH is 1. The summed E-state index contributed by atoms with van der Waals surface area (Å²) in [6.45, 7) is 2.40. The minimum absolute atomic E-state index is 0.0268. The Hall–Kier alpha value is -3.14. The summed E-state index contributed by atoms with van der Waals surface area (Å²) in [5.74, 6) is 0.936. The average molecular weight is 555 g/mol. The van der Waals surface area contributed by atoms with Crippen LogP contribution in [-0.2, 0) is 35.9 Å². The summed E-state index contributed by atoms with van der Waals surface area (Å²) in [6.07, 6.45) is 0. The van der Waals surface area contributed by atoms with E-state index in [1.54, 1.807) is 6.07 Å². The van der Waals surface area contributed by atoms with Gasteiger partial charge in [-0.25, -0.2) is 4.79 Å². The summed E-state index contributed by atoms with van der Waals surface area (Å²) in [6, 6.07) is 21.2. The molecular weight excluding hydrogens is 524 g/mol. The van der Waals surface area contributed by atoms with Crippen molar-refractivity contribution in [2.45, 2.75) is 12.2 Å². The van der Waals surface area contributed by atoms with Gasteiger partial charge in [-0.05, 0) is 53.1 Å². The number of hydrogen-bond donors (Lipinski definition) is 1. The predicted octanol–water partition coefficient (Wildman–Crippen LogP) is 4.39. The molecule has 0 aromatic heterocycles. The van der Waals surface area contributed by atoms with E-state index < -0.39 is 11.6 Å². The molecule has 0 spiro atoms. The van der Waals surface area contributed by atoms with Crippen LogP contribution in [0.4, 0.5) is 0 Å². The van der Waals surface area contributed by atoms with Gasteiger partial charge in [0.15, 0.2) is 0 Å². The van der Waals surface area contributed by atoms with Gasteiger partial charge in [0.25, 0.3) is 0 Å². The molecule has 0 aliphatic carbocycles. The predicted molar refractivity (Wildman–Crippen MR) is 144 cm³/mol. The zero-order chi connectivity index (χ0) is 27.3. The summed E-state index contributed by atoms with van der Waals surface area (Å²) >= 11 is 6.61. The van der Waals surface area contributed by atoms with Crippen molar-refractivity contribution in [1.82, 2.24) is 0 Å². The van der Waals surface area contributed by atoms with E-state index in [9.17, 15) is 9.90 Å². The number of methoxy groups -OCH3 is 1. The van der Waals surface area contributed by atoms with E-state index in [1.165, 1.54) is 7.11 Å². The van der Waals surface area contributed by atoms with Crippen molar-refractivity contribution in [2.24, 2.45) is 5.41 Å². The number of ether oxygens (including phenoxy) is 6. The number of aliphatic hydroxyl groups is 1. The molecule has 0 atom stereocenters. The molecule has 0 radical (unpaired) electrons. The molecule has 1 N–H and O–H groups in total. The molecule has 0 bridgehead atoms. The minimum atomic E-state index is -0.646. The van der Waals surface area contributed by atoms with Gasteiger partial charge in [-0.1, -0.05) is 41.9 Å². The van der Waals surface area contributed by atoms with Crippen molar-refractivity contribution in [2.75, 3.05) is 53.4 Å². The summed E-state index contributed by atoms with van der Waals surface area (Å²) in [5, 5.41) is 10.2. The number of esters is 1. The van der Waals surface area contributed by atoms with Crippen LogP contribution < -0.4 is 9.47 Å². The summed E-state index contributed by atoms with van der Waals surface area (Å²) < 4.78 is 33.0. The van der Waals surface area contributed by atoms with Crippen LogP contribution >= 0.6 is 11.6 Å². The second-order valence-corrected chi connectivity index (χ2v) is 10.4. The van der Waals surface area contributed by atoms with E-state index >= 15 is 0 Å². The first-order valence-electron chi connectivity index (χ1n) is 12.7. The lowest BCUT2D eigenvalue weighted by Gasteiger charge is -2.41. The van der Waals surface area contributed by atoms with Crippen molar-refractivity contribution in [3.63, 3.8) is 0 Å². The molecule has 3 aromatic carbocycles. The Bertz CT molecular complexity index is 1280. The van der Waals surface area contributed by atoms with Crippen LogP contribution in [0, 0.1) is 5.41 Å². The van der Waals surface area contributed by atoms with Crippen LogP contribution in [0.2, 0.25) is 5.02 Å². The smallest absolute Gasteiger partial charge is 0.331 e. The van der Waals surface area contributed by atoms with Gasteiger partial charge in [0.2, 0.25) is 0 Å². The highest BCUT2D eigenvalue weighted by molar-refractivity contribution is 6.33. The molecule has 2 aliphatic heterocycles. The van der Waals surface area contributed by atoms with E-state index in [2.05, 4.69) is 4.74 Å². The van der Waals surface area contributed by atoms with E-state index in [0.29, 0.717) is 56.2 Å². The van der Waals surface area contributed by atoms with Crippen LogP contribution in [0.1, 0.15) is 11.1 Å². The van der Waals surface area contributed by atoms with Crippen molar-refractivity contribution >= 4 is 17.6 Å². The molecule has 5 rings (SSSR count). The maximum Gasteiger partial charge on any atom is 0.331 e. The van der Waals surface area contributed by atoms with E-state index in [1.807, 2.05) is 60.7 Å². The van der Waals surface area contributed by atoms with Gasteiger partial charge in [0.1, 0.15) is 36.9 Å². The molecule has 2 aliphatic rings. The molecule has 3 aromatic rings. The van der Waals surface area contributed by atoms with E-state index in [-0.39, 0.29) is 18.6 Å². The van der Waals surface area contributed by atoms with Gasteiger partial charge in [0.05, 0.1) is 50.6 Å². The first-order valence-corrected chi connectivity index (χ1v) is 13.0. The Kier molecular flexibility index (Phi) is 8.40. The van der Waals surface area contributed by atoms with Crippen molar-refractivity contribution in [3.05, 3.63) is 82.9 Å². The lowest BCUT2D eigenvalue weighted by atomic mass is 9.88. The third-order valence-electron chi connectivity index (χ3n) is 7.03. The molecule has 0 saturated carbocycles. The quantitative estimate of drug-likeness (QED) is 0.330. The highest BCUT2D eigenvalue weighted by Gasteiger charge is 2.42. The molecule has 39 heavy (non-hydrogen) atoms. The summed E-state index contributed by atoms with van der Waals surface area (Å²) in [5.41, 5.74) is 2.79. The van der Waals surface area contributed by atoms with Gasteiger partial charge < -0.3 is 33.5 Å². The number of benzene rings is 3. The van der Waals surface area contributed by atoms with Crippen LogP contribution in [-0.4, -0.2) is 64.4 Å². The van der Waals surface area contributed by atoms with Gasteiger partial charge in [-0.15, -0.1) is 0 Å². The first-order chi connectivity index (χ1) is 18.9. The number of rotatable bonds is 12. The molecule has 0 amide bonds. The normalized spacial score (nSPS) is 17.0. The van der Waals surface area contributed by atoms with E-state index in [0.717, 1.165) is 22.3 Å². The number of carbonyl (C=O) groups excluding carboxylic acids is 1. The first kappa shape index (κ1) is 27.4. The van der Waals surface area contributed by atoms with Crippen molar-refractivity contribution in [1.29, 1.82) is 0 Å². The van der Waals surface area contributed by atoms with Crippen molar-refractivity contribution in [3.8, 4) is 22.6 Å². The zero-order valence-electron chi connectivity index (χ0n) is 21.7. The molecule has 8 nitrogen and oxygen atoms in total. The monoisotopic (exact) mass is 554 g/mol. The lowest BCUT2D eigenvalue weighted by Crippen LogP contribution is -2.49. The van der Waals surface area contributed by atoms with Crippen LogP contribution in [0.5, 0.6) is 11.5 Å². The highest BCUT2D eigenvalue weighted by atomic mass is 35.5. The molecule has 2 saturated heterocycles. The Morgan fingerprint density at radius 2 is 1.69 bits per heavy atom. The molecule has 206 valence electrons. The third kappa shape index (κ3) is 6.21.